The third-order valence-corrected chi connectivity index (χ3v) is 2.37. The molecule has 1 aliphatic rings. The van der Waals surface area contributed by atoms with E-state index in [1.807, 2.05) is 0 Å². The van der Waals surface area contributed by atoms with Crippen molar-refractivity contribution in [3.63, 3.8) is 0 Å². The summed E-state index contributed by atoms with van der Waals surface area (Å²) >= 11 is 0. The Balaban J connectivity index is 1.80. The third-order valence-electron chi connectivity index (χ3n) is 2.37. The average Bonchev–Trinajstić information content (AvgIpc) is 2.08. The number of methoxy groups -OCH3 is 1. The number of hydrogen-bond acceptors (Lipinski definition) is 4. The summed E-state index contributed by atoms with van der Waals surface area (Å²) in [4.78, 5) is 2.38. The van der Waals surface area contributed by atoms with Gasteiger partial charge in [-0.3, -0.25) is 4.90 Å². The Morgan fingerprint density at radius 2 is 2.23 bits per heavy atom. The van der Waals surface area contributed by atoms with Gasteiger partial charge >= 0.3 is 0 Å². The number of nitrogens with zero attached hydrogens (tertiary/aromatic N) is 1. The second kappa shape index (κ2) is 6.32. The maximum absolute atomic E-state index is 8.51. The van der Waals surface area contributed by atoms with E-state index in [2.05, 4.69) is 10.2 Å². The molecular formula is C9H20N2O2. The van der Waals surface area contributed by atoms with Gasteiger partial charge in [-0.1, -0.05) is 0 Å². The highest BCUT2D eigenvalue weighted by molar-refractivity contribution is 4.79. The topological polar surface area (TPSA) is 44.7 Å². The first kappa shape index (κ1) is 10.9. The van der Waals surface area contributed by atoms with Crippen LogP contribution >= 0.6 is 0 Å². The van der Waals surface area contributed by atoms with Crippen molar-refractivity contribution in [3.8, 4) is 0 Å². The lowest BCUT2D eigenvalue weighted by molar-refractivity contribution is -0.0293. The molecule has 13 heavy (non-hydrogen) atoms. The van der Waals surface area contributed by atoms with Gasteiger partial charge in [0.15, 0.2) is 0 Å². The average molecular weight is 188 g/mol. The summed E-state index contributed by atoms with van der Waals surface area (Å²) in [5.74, 6) is 0. The standard InChI is InChI=1S/C9H20N2O2/c1-13-9-7-11(8-9)5-2-3-10-4-6-12/h9-10,12H,2-8H2,1H3. The minimum Gasteiger partial charge on any atom is -0.395 e. The first-order valence-electron chi connectivity index (χ1n) is 4.93. The van der Waals surface area contributed by atoms with Crippen molar-refractivity contribution >= 4 is 0 Å². The summed E-state index contributed by atoms with van der Waals surface area (Å²) < 4.78 is 5.17. The first-order valence-corrected chi connectivity index (χ1v) is 4.93. The fourth-order valence-corrected chi connectivity index (χ4v) is 1.49. The zero-order chi connectivity index (χ0) is 9.52. The van der Waals surface area contributed by atoms with E-state index in [1.165, 1.54) is 0 Å². The molecule has 0 spiro atoms. The number of likely N-dealkylation sites (tertiary alicyclic amines) is 1. The van der Waals surface area contributed by atoms with E-state index in [9.17, 15) is 0 Å². The molecule has 1 saturated heterocycles. The number of nitrogens with one attached hydrogen (secondary N) is 1. The molecule has 0 aromatic rings. The van der Waals surface area contributed by atoms with Gasteiger partial charge in [0.05, 0.1) is 12.7 Å². The molecule has 0 radical (unpaired) electrons. The molecule has 1 heterocycles. The quantitative estimate of drug-likeness (QED) is 0.518. The van der Waals surface area contributed by atoms with E-state index < -0.39 is 0 Å². The molecule has 0 aromatic heterocycles. The van der Waals surface area contributed by atoms with E-state index in [0.29, 0.717) is 12.6 Å². The van der Waals surface area contributed by atoms with Gasteiger partial charge in [-0.2, -0.15) is 0 Å². The first-order chi connectivity index (χ1) is 6.36. The van der Waals surface area contributed by atoms with Crippen molar-refractivity contribution in [1.82, 2.24) is 10.2 Å². The SMILES string of the molecule is COC1CN(CCCNCCO)C1. The highest BCUT2D eigenvalue weighted by Crippen LogP contribution is 2.09. The van der Waals surface area contributed by atoms with Crippen molar-refractivity contribution in [2.24, 2.45) is 0 Å². The molecule has 0 aromatic carbocycles. The minimum absolute atomic E-state index is 0.232. The Kier molecular flexibility index (Phi) is 5.31. The van der Waals surface area contributed by atoms with Crippen molar-refractivity contribution in [2.75, 3.05) is 46.4 Å². The summed E-state index contributed by atoms with van der Waals surface area (Å²) in [5, 5.41) is 11.7. The van der Waals surface area contributed by atoms with Crippen LogP contribution in [-0.4, -0.2) is 62.6 Å². The summed E-state index contributed by atoms with van der Waals surface area (Å²) in [5.41, 5.74) is 0. The lowest BCUT2D eigenvalue weighted by Gasteiger charge is -2.38. The predicted octanol–water partition coefficient (Wildman–Crippen LogP) is -0.711. The molecule has 4 heteroatoms. The number of hydrogen-bond donors (Lipinski definition) is 2. The minimum atomic E-state index is 0.232. The van der Waals surface area contributed by atoms with Crippen molar-refractivity contribution in [3.05, 3.63) is 0 Å². The molecule has 1 fully saturated rings. The lowest BCUT2D eigenvalue weighted by Crippen LogP contribution is -2.52. The van der Waals surface area contributed by atoms with Gasteiger partial charge < -0.3 is 15.2 Å². The van der Waals surface area contributed by atoms with Gasteiger partial charge in [0.2, 0.25) is 0 Å². The molecular weight excluding hydrogens is 168 g/mol. The van der Waals surface area contributed by atoms with Crippen LogP contribution in [0.3, 0.4) is 0 Å². The lowest BCUT2D eigenvalue weighted by atomic mass is 10.1. The molecule has 78 valence electrons. The smallest absolute Gasteiger partial charge is 0.0824 e. The summed E-state index contributed by atoms with van der Waals surface area (Å²) in [6.07, 6.45) is 1.61. The van der Waals surface area contributed by atoms with Gasteiger partial charge in [0.25, 0.3) is 0 Å². The third kappa shape index (κ3) is 4.04. The second-order valence-corrected chi connectivity index (χ2v) is 3.44. The van der Waals surface area contributed by atoms with Gasteiger partial charge in [0.1, 0.15) is 0 Å². The van der Waals surface area contributed by atoms with Crippen LogP contribution in [-0.2, 0) is 4.74 Å². The molecule has 0 atom stereocenters. The fourth-order valence-electron chi connectivity index (χ4n) is 1.49. The highest BCUT2D eigenvalue weighted by atomic mass is 16.5. The number of aliphatic hydroxyl groups is 1. The Labute approximate surface area is 79.9 Å². The summed E-state index contributed by atoms with van der Waals surface area (Å²) in [6.45, 7) is 5.23. The second-order valence-electron chi connectivity index (χ2n) is 3.44. The maximum Gasteiger partial charge on any atom is 0.0824 e. The molecule has 2 N–H and O–H groups in total. The van der Waals surface area contributed by atoms with Crippen LogP contribution in [0.1, 0.15) is 6.42 Å². The Bertz CT molecular complexity index is 127. The van der Waals surface area contributed by atoms with E-state index in [4.69, 9.17) is 9.84 Å². The molecule has 1 rings (SSSR count). The Hall–Kier alpha value is -0.160. The largest absolute Gasteiger partial charge is 0.395 e. The van der Waals surface area contributed by atoms with Crippen molar-refractivity contribution < 1.29 is 9.84 Å². The molecule has 4 nitrogen and oxygen atoms in total. The zero-order valence-corrected chi connectivity index (χ0v) is 8.33. The van der Waals surface area contributed by atoms with Gasteiger partial charge in [-0.05, 0) is 19.5 Å². The van der Waals surface area contributed by atoms with Crippen LogP contribution < -0.4 is 5.32 Å². The molecule has 0 saturated carbocycles. The van der Waals surface area contributed by atoms with E-state index in [0.717, 1.165) is 32.6 Å². The zero-order valence-electron chi connectivity index (χ0n) is 8.33. The predicted molar refractivity (Wildman–Crippen MR) is 51.8 cm³/mol. The van der Waals surface area contributed by atoms with Gasteiger partial charge in [-0.25, -0.2) is 0 Å². The molecule has 0 bridgehead atoms. The van der Waals surface area contributed by atoms with Crippen LogP contribution in [0, 0.1) is 0 Å². The number of rotatable bonds is 7. The normalized spacial score (nSPS) is 18.9. The van der Waals surface area contributed by atoms with E-state index in [-0.39, 0.29) is 6.61 Å². The number of aliphatic hydroxyl groups excluding tert-OH is 1. The van der Waals surface area contributed by atoms with E-state index >= 15 is 0 Å². The summed E-state index contributed by atoms with van der Waals surface area (Å²) in [6, 6.07) is 0. The molecule has 1 aliphatic heterocycles. The van der Waals surface area contributed by atoms with Crippen LogP contribution in [0.15, 0.2) is 0 Å². The Morgan fingerprint density at radius 3 is 2.85 bits per heavy atom. The van der Waals surface area contributed by atoms with Crippen LogP contribution in [0.2, 0.25) is 0 Å². The highest BCUT2D eigenvalue weighted by Gasteiger charge is 2.24. The van der Waals surface area contributed by atoms with Crippen LogP contribution in [0.4, 0.5) is 0 Å². The van der Waals surface area contributed by atoms with Crippen LogP contribution in [0.5, 0.6) is 0 Å². The monoisotopic (exact) mass is 188 g/mol. The maximum atomic E-state index is 8.51. The van der Waals surface area contributed by atoms with E-state index in [1.54, 1.807) is 7.11 Å². The fraction of sp³-hybridized carbons (Fsp3) is 1.00. The molecule has 0 unspecified atom stereocenters. The van der Waals surface area contributed by atoms with Crippen molar-refractivity contribution in [2.45, 2.75) is 12.5 Å². The van der Waals surface area contributed by atoms with Gasteiger partial charge in [0, 0.05) is 26.7 Å². The van der Waals surface area contributed by atoms with Crippen molar-refractivity contribution in [1.29, 1.82) is 0 Å². The van der Waals surface area contributed by atoms with Gasteiger partial charge in [-0.15, -0.1) is 0 Å². The summed E-state index contributed by atoms with van der Waals surface area (Å²) in [7, 11) is 1.77. The Morgan fingerprint density at radius 1 is 1.46 bits per heavy atom. The number of ether oxygens (including phenoxy) is 1. The van der Waals surface area contributed by atoms with Crippen LogP contribution in [0.25, 0.3) is 0 Å². The molecule has 0 amide bonds. The molecule has 0 aliphatic carbocycles.